The van der Waals surface area contributed by atoms with E-state index in [2.05, 4.69) is 43.4 Å². The Morgan fingerprint density at radius 2 is 1.45 bits per heavy atom. The van der Waals surface area contributed by atoms with Gasteiger partial charge in [-0.3, -0.25) is 4.57 Å². The third kappa shape index (κ3) is 3.03. The second-order valence-electron chi connectivity index (χ2n) is 7.00. The van der Waals surface area contributed by atoms with E-state index >= 15 is 0 Å². The minimum Gasteiger partial charge on any atom is -0.493 e. The molecule has 0 radical (unpaired) electrons. The van der Waals surface area contributed by atoms with E-state index in [1.807, 2.05) is 65.2 Å². The van der Waals surface area contributed by atoms with Crippen LogP contribution < -0.4 is 4.74 Å². The van der Waals surface area contributed by atoms with Gasteiger partial charge in [0, 0.05) is 11.4 Å². The van der Waals surface area contributed by atoms with Crippen LogP contribution in [-0.4, -0.2) is 41.1 Å². The maximum atomic E-state index is 5.79. The second kappa shape index (κ2) is 7.48. The Morgan fingerprint density at radius 1 is 0.742 bits per heavy atom. The highest BCUT2D eigenvalue weighted by Gasteiger charge is 2.20. The Morgan fingerprint density at radius 3 is 2.26 bits per heavy atom. The van der Waals surface area contributed by atoms with Crippen LogP contribution in [0.5, 0.6) is 5.75 Å². The van der Waals surface area contributed by atoms with Gasteiger partial charge >= 0.3 is 0 Å². The molecule has 0 aliphatic carbocycles. The van der Waals surface area contributed by atoms with Gasteiger partial charge in [0.15, 0.2) is 0 Å². The predicted octanol–water partition coefficient (Wildman–Crippen LogP) is 4.49. The molecule has 152 valence electrons. The molecule has 3 aromatic heterocycles. The van der Waals surface area contributed by atoms with E-state index in [9.17, 15) is 0 Å². The fourth-order valence-corrected chi connectivity index (χ4v) is 4.44. The van der Waals surface area contributed by atoms with Gasteiger partial charge < -0.3 is 4.74 Å². The highest BCUT2D eigenvalue weighted by molar-refractivity contribution is 7.99. The molecule has 6 rings (SSSR count). The first-order valence-corrected chi connectivity index (χ1v) is 11.0. The van der Waals surface area contributed by atoms with Crippen LogP contribution in [0.15, 0.2) is 90.1 Å². The van der Waals surface area contributed by atoms with E-state index < -0.39 is 0 Å². The average Bonchev–Trinajstić information content (AvgIpc) is 3.47. The van der Waals surface area contributed by atoms with Crippen LogP contribution >= 0.6 is 11.8 Å². The molecule has 0 spiro atoms. The molecule has 0 saturated heterocycles. The summed E-state index contributed by atoms with van der Waals surface area (Å²) in [6.45, 7) is 0.579. The van der Waals surface area contributed by atoms with Gasteiger partial charge in [0.05, 0.1) is 17.6 Å². The molecule has 0 saturated carbocycles. The average molecular weight is 427 g/mol. The topological polar surface area (TPSA) is 61.7 Å². The van der Waals surface area contributed by atoms with Crippen molar-refractivity contribution in [1.29, 1.82) is 0 Å². The number of aromatic nitrogens is 6. The lowest BCUT2D eigenvalue weighted by atomic mass is 10.3. The number of hydrogen-bond donors (Lipinski definition) is 0. The molecule has 3 heterocycles. The van der Waals surface area contributed by atoms with Crippen molar-refractivity contribution in [2.45, 2.75) is 5.16 Å². The first-order valence-electron chi connectivity index (χ1n) is 9.99. The number of imidazole rings is 1. The minimum absolute atomic E-state index is 0.579. The maximum absolute atomic E-state index is 5.79. The highest BCUT2D eigenvalue weighted by Crippen LogP contribution is 2.27. The number of rotatable bonds is 6. The Bertz CT molecular complexity index is 1490. The molecule has 7 nitrogen and oxygen atoms in total. The van der Waals surface area contributed by atoms with Gasteiger partial charge in [0.25, 0.3) is 5.78 Å². The second-order valence-corrected chi connectivity index (χ2v) is 8.06. The van der Waals surface area contributed by atoms with E-state index in [1.54, 1.807) is 11.8 Å². The molecule has 8 heteroatoms. The lowest BCUT2D eigenvalue weighted by molar-refractivity contribution is 0.344. The summed E-state index contributed by atoms with van der Waals surface area (Å²) < 4.78 is 11.8. The highest BCUT2D eigenvalue weighted by atomic mass is 32.2. The van der Waals surface area contributed by atoms with Gasteiger partial charge in [-0.25, -0.2) is 4.40 Å². The fraction of sp³-hybridized carbons (Fsp3) is 0.0870. The quantitative estimate of drug-likeness (QED) is 0.290. The zero-order valence-electron chi connectivity index (χ0n) is 16.5. The zero-order chi connectivity index (χ0) is 20.6. The van der Waals surface area contributed by atoms with Gasteiger partial charge in [0.1, 0.15) is 5.75 Å². The van der Waals surface area contributed by atoms with Crippen molar-refractivity contribution in [3.8, 4) is 11.4 Å². The molecular weight excluding hydrogens is 408 g/mol. The monoisotopic (exact) mass is 426 g/mol. The number of hydrogen-bond acceptors (Lipinski definition) is 5. The summed E-state index contributed by atoms with van der Waals surface area (Å²) in [5.74, 6) is 3.12. The lowest BCUT2D eigenvalue weighted by Crippen LogP contribution is -2.01. The molecule has 0 aliphatic rings. The van der Waals surface area contributed by atoms with Gasteiger partial charge in [-0.2, -0.15) is 4.52 Å². The minimum atomic E-state index is 0.579. The van der Waals surface area contributed by atoms with Crippen molar-refractivity contribution in [2.75, 3.05) is 12.4 Å². The zero-order valence-corrected chi connectivity index (χ0v) is 17.3. The fourth-order valence-electron chi connectivity index (χ4n) is 3.75. The van der Waals surface area contributed by atoms with E-state index in [-0.39, 0.29) is 0 Å². The van der Waals surface area contributed by atoms with Crippen LogP contribution in [0.3, 0.4) is 0 Å². The largest absolute Gasteiger partial charge is 0.493 e. The van der Waals surface area contributed by atoms with Crippen LogP contribution in [0.1, 0.15) is 0 Å². The van der Waals surface area contributed by atoms with Crippen LogP contribution in [0.25, 0.3) is 28.3 Å². The first-order chi connectivity index (χ1) is 15.4. The molecule has 6 aromatic rings. The third-order valence-electron chi connectivity index (χ3n) is 5.09. The van der Waals surface area contributed by atoms with E-state index in [0.29, 0.717) is 12.4 Å². The van der Waals surface area contributed by atoms with E-state index in [1.165, 1.54) is 0 Å². The Kier molecular flexibility index (Phi) is 4.35. The summed E-state index contributed by atoms with van der Waals surface area (Å²) >= 11 is 1.58. The van der Waals surface area contributed by atoms with Crippen molar-refractivity contribution in [1.82, 2.24) is 28.8 Å². The molecule has 0 atom stereocenters. The summed E-state index contributed by atoms with van der Waals surface area (Å²) in [5.41, 5.74) is 3.17. The molecule has 0 N–H and O–H groups in total. The van der Waals surface area contributed by atoms with Gasteiger partial charge in [-0.15, -0.1) is 15.3 Å². The Balaban J connectivity index is 1.38. The lowest BCUT2D eigenvalue weighted by Gasteiger charge is -2.04. The molecule has 31 heavy (non-hydrogen) atoms. The number of nitrogens with zero attached hydrogens (tertiary/aromatic N) is 6. The van der Waals surface area contributed by atoms with Gasteiger partial charge in [-0.05, 0) is 36.4 Å². The van der Waals surface area contributed by atoms with Crippen LogP contribution in [-0.2, 0) is 0 Å². The van der Waals surface area contributed by atoms with Crippen molar-refractivity contribution in [3.05, 3.63) is 84.9 Å². The SMILES string of the molecule is c1ccc(OCCSc2nnc3n2nc2n(-c4ccccc4)c4ccccc4n23)cc1. The third-order valence-corrected chi connectivity index (χ3v) is 5.97. The van der Waals surface area contributed by atoms with Crippen LogP contribution in [0.4, 0.5) is 0 Å². The molecule has 0 aliphatic heterocycles. The van der Waals surface area contributed by atoms with Gasteiger partial charge in [-0.1, -0.05) is 60.3 Å². The summed E-state index contributed by atoms with van der Waals surface area (Å²) in [6.07, 6.45) is 0. The smallest absolute Gasteiger partial charge is 0.260 e. The summed E-state index contributed by atoms with van der Waals surface area (Å²) in [6, 6.07) is 28.3. The molecule has 0 bridgehead atoms. The van der Waals surface area contributed by atoms with Gasteiger partial charge in [0.2, 0.25) is 10.9 Å². The van der Waals surface area contributed by atoms with Crippen LogP contribution in [0, 0.1) is 0 Å². The maximum Gasteiger partial charge on any atom is 0.260 e. The number of ether oxygens (including phenoxy) is 1. The molecule has 0 unspecified atom stereocenters. The Labute approximate surface area is 181 Å². The number of benzene rings is 3. The summed E-state index contributed by atoms with van der Waals surface area (Å²) in [7, 11) is 0. The molecule has 0 amide bonds. The molecular formula is C23H18N6OS. The number of para-hydroxylation sites is 4. The first kappa shape index (κ1) is 18.0. The van der Waals surface area contributed by atoms with E-state index in [4.69, 9.17) is 9.84 Å². The summed E-state index contributed by atoms with van der Waals surface area (Å²) in [5, 5.41) is 14.4. The normalized spacial score (nSPS) is 11.6. The summed E-state index contributed by atoms with van der Waals surface area (Å²) in [4.78, 5) is 0. The van der Waals surface area contributed by atoms with Crippen LogP contribution in [0.2, 0.25) is 0 Å². The number of fused-ring (bicyclic) bond motifs is 5. The van der Waals surface area contributed by atoms with Crippen molar-refractivity contribution >= 4 is 34.4 Å². The Hall–Kier alpha value is -3.78. The van der Waals surface area contributed by atoms with Crippen molar-refractivity contribution in [2.24, 2.45) is 0 Å². The van der Waals surface area contributed by atoms with Crippen molar-refractivity contribution < 1.29 is 4.74 Å². The van der Waals surface area contributed by atoms with Crippen molar-refractivity contribution in [3.63, 3.8) is 0 Å². The molecule has 0 fully saturated rings. The standard InChI is InChI=1S/C23H18N6OS/c1-3-9-17(10-4-1)27-19-13-7-8-14-20(19)28-21-24-25-23(29(21)26-22(27)28)31-16-15-30-18-11-5-2-6-12-18/h1-14H,15-16H2. The molecule has 3 aromatic carbocycles. The predicted molar refractivity (Wildman–Crippen MR) is 121 cm³/mol. The van der Waals surface area contributed by atoms with E-state index in [0.717, 1.165) is 39.2 Å². The number of thioether (sulfide) groups is 1.